The SMILES string of the molecule is CC[NH+]1CCN(C(=O)c2ccc(NC(C)=O)cc2)CC1. The first-order valence-corrected chi connectivity index (χ1v) is 7.10. The van der Waals surface area contributed by atoms with Crippen molar-refractivity contribution in [1.82, 2.24) is 4.90 Å². The maximum absolute atomic E-state index is 12.4. The van der Waals surface area contributed by atoms with Crippen LogP contribution in [0.15, 0.2) is 24.3 Å². The van der Waals surface area contributed by atoms with Crippen LogP contribution in [0.2, 0.25) is 0 Å². The molecule has 0 bridgehead atoms. The first-order chi connectivity index (χ1) is 9.60. The fraction of sp³-hybridized carbons (Fsp3) is 0.467. The van der Waals surface area contributed by atoms with Crippen molar-refractivity contribution in [2.24, 2.45) is 0 Å². The lowest BCUT2D eigenvalue weighted by Crippen LogP contribution is -3.14. The van der Waals surface area contributed by atoms with Crippen LogP contribution < -0.4 is 10.2 Å². The van der Waals surface area contributed by atoms with E-state index in [1.54, 1.807) is 29.2 Å². The van der Waals surface area contributed by atoms with Gasteiger partial charge in [0, 0.05) is 18.2 Å². The van der Waals surface area contributed by atoms with E-state index in [0.717, 1.165) is 32.7 Å². The number of hydrogen-bond acceptors (Lipinski definition) is 2. The monoisotopic (exact) mass is 276 g/mol. The summed E-state index contributed by atoms with van der Waals surface area (Å²) in [5.41, 5.74) is 1.40. The smallest absolute Gasteiger partial charge is 0.254 e. The minimum absolute atomic E-state index is 0.0783. The molecule has 5 heteroatoms. The standard InChI is InChI=1S/C15H21N3O2/c1-3-17-8-10-18(11-9-17)15(20)13-4-6-14(7-5-13)16-12(2)19/h4-7H,3,8-11H2,1-2H3,(H,16,19)/p+1. The van der Waals surface area contributed by atoms with Crippen molar-refractivity contribution in [3.8, 4) is 0 Å². The molecule has 0 saturated carbocycles. The minimum Gasteiger partial charge on any atom is -0.332 e. The van der Waals surface area contributed by atoms with E-state index in [-0.39, 0.29) is 11.8 Å². The third kappa shape index (κ3) is 3.57. The predicted octanol–water partition coefficient (Wildman–Crippen LogP) is 0.00560. The molecular formula is C15H22N3O2+. The molecule has 0 unspecified atom stereocenters. The van der Waals surface area contributed by atoms with Crippen LogP contribution in [0.5, 0.6) is 0 Å². The first-order valence-electron chi connectivity index (χ1n) is 7.10. The van der Waals surface area contributed by atoms with Gasteiger partial charge in [0.15, 0.2) is 0 Å². The molecule has 0 radical (unpaired) electrons. The third-order valence-corrected chi connectivity index (χ3v) is 3.71. The maximum Gasteiger partial charge on any atom is 0.254 e. The molecule has 1 aliphatic rings. The molecule has 20 heavy (non-hydrogen) atoms. The van der Waals surface area contributed by atoms with Crippen LogP contribution in [-0.4, -0.2) is 49.4 Å². The van der Waals surface area contributed by atoms with E-state index in [1.807, 2.05) is 4.90 Å². The van der Waals surface area contributed by atoms with Crippen molar-refractivity contribution in [3.05, 3.63) is 29.8 Å². The van der Waals surface area contributed by atoms with E-state index in [1.165, 1.54) is 6.92 Å². The van der Waals surface area contributed by atoms with Crippen molar-refractivity contribution in [2.75, 3.05) is 38.0 Å². The summed E-state index contributed by atoms with van der Waals surface area (Å²) in [5, 5.41) is 2.70. The molecule has 1 aromatic rings. The number of nitrogens with one attached hydrogen (secondary N) is 2. The Bertz CT molecular complexity index is 476. The van der Waals surface area contributed by atoms with E-state index in [0.29, 0.717) is 11.3 Å². The fourth-order valence-electron chi connectivity index (χ4n) is 2.46. The summed E-state index contributed by atoms with van der Waals surface area (Å²) in [5.74, 6) is -0.0303. The van der Waals surface area contributed by atoms with Crippen molar-refractivity contribution >= 4 is 17.5 Å². The van der Waals surface area contributed by atoms with Crippen molar-refractivity contribution in [2.45, 2.75) is 13.8 Å². The largest absolute Gasteiger partial charge is 0.332 e. The lowest BCUT2D eigenvalue weighted by molar-refractivity contribution is -0.902. The zero-order valence-electron chi connectivity index (χ0n) is 12.1. The van der Waals surface area contributed by atoms with Gasteiger partial charge in [0.25, 0.3) is 5.91 Å². The summed E-state index contributed by atoms with van der Waals surface area (Å²) in [6.07, 6.45) is 0. The second kappa shape index (κ2) is 6.52. The van der Waals surface area contributed by atoms with Gasteiger partial charge in [0.05, 0.1) is 32.7 Å². The van der Waals surface area contributed by atoms with Crippen LogP contribution >= 0.6 is 0 Å². The molecule has 1 saturated heterocycles. The quantitative estimate of drug-likeness (QED) is 0.817. The number of benzene rings is 1. The number of likely N-dealkylation sites (N-methyl/N-ethyl adjacent to an activating group) is 1. The molecule has 1 fully saturated rings. The van der Waals surface area contributed by atoms with E-state index in [9.17, 15) is 9.59 Å². The highest BCUT2D eigenvalue weighted by Crippen LogP contribution is 2.11. The maximum atomic E-state index is 12.4. The number of hydrogen-bond donors (Lipinski definition) is 2. The van der Waals surface area contributed by atoms with Crippen LogP contribution in [0.3, 0.4) is 0 Å². The summed E-state index contributed by atoms with van der Waals surface area (Å²) in [6.45, 7) is 8.43. The van der Waals surface area contributed by atoms with Gasteiger partial charge in [-0.05, 0) is 31.2 Å². The predicted molar refractivity (Wildman–Crippen MR) is 77.9 cm³/mol. The Labute approximate surface area is 119 Å². The highest BCUT2D eigenvalue weighted by Gasteiger charge is 2.23. The molecular weight excluding hydrogens is 254 g/mol. The molecule has 2 rings (SSSR count). The van der Waals surface area contributed by atoms with Gasteiger partial charge < -0.3 is 15.1 Å². The number of nitrogens with zero attached hydrogens (tertiary/aromatic N) is 1. The van der Waals surface area contributed by atoms with Crippen LogP contribution in [0.25, 0.3) is 0 Å². The molecule has 2 amide bonds. The Hall–Kier alpha value is -1.88. The van der Waals surface area contributed by atoms with Gasteiger partial charge in [-0.15, -0.1) is 0 Å². The average molecular weight is 276 g/mol. The molecule has 1 aromatic carbocycles. The zero-order chi connectivity index (χ0) is 14.5. The van der Waals surface area contributed by atoms with Gasteiger partial charge in [-0.2, -0.15) is 0 Å². The summed E-state index contributed by atoms with van der Waals surface area (Å²) in [7, 11) is 0. The van der Waals surface area contributed by atoms with E-state index < -0.39 is 0 Å². The van der Waals surface area contributed by atoms with Crippen LogP contribution in [-0.2, 0) is 4.79 Å². The minimum atomic E-state index is -0.109. The van der Waals surface area contributed by atoms with Gasteiger partial charge >= 0.3 is 0 Å². The fourth-order valence-corrected chi connectivity index (χ4v) is 2.46. The summed E-state index contributed by atoms with van der Waals surface area (Å²) < 4.78 is 0. The molecule has 0 aliphatic carbocycles. The normalized spacial score (nSPS) is 16.0. The number of amides is 2. The molecule has 1 aliphatic heterocycles. The molecule has 0 aromatic heterocycles. The Morgan fingerprint density at radius 1 is 1.20 bits per heavy atom. The lowest BCUT2D eigenvalue weighted by atomic mass is 10.1. The average Bonchev–Trinajstić information content (AvgIpc) is 2.47. The molecule has 0 spiro atoms. The Kier molecular flexibility index (Phi) is 4.74. The van der Waals surface area contributed by atoms with Gasteiger partial charge in [-0.1, -0.05) is 0 Å². The summed E-state index contributed by atoms with van der Waals surface area (Å²) in [6, 6.07) is 7.07. The highest BCUT2D eigenvalue weighted by atomic mass is 16.2. The van der Waals surface area contributed by atoms with E-state index in [4.69, 9.17) is 0 Å². The molecule has 0 atom stereocenters. The van der Waals surface area contributed by atoms with Crippen molar-refractivity contribution in [1.29, 1.82) is 0 Å². The summed E-state index contributed by atoms with van der Waals surface area (Å²) >= 11 is 0. The van der Waals surface area contributed by atoms with Crippen molar-refractivity contribution in [3.63, 3.8) is 0 Å². The van der Waals surface area contributed by atoms with Gasteiger partial charge in [-0.25, -0.2) is 0 Å². The number of carbonyl (C=O) groups excluding carboxylic acids is 2. The summed E-state index contributed by atoms with van der Waals surface area (Å²) in [4.78, 5) is 26.8. The number of carbonyl (C=O) groups is 2. The lowest BCUT2D eigenvalue weighted by Gasteiger charge is -2.31. The van der Waals surface area contributed by atoms with Crippen LogP contribution in [0.1, 0.15) is 24.2 Å². The second-order valence-corrected chi connectivity index (χ2v) is 5.15. The third-order valence-electron chi connectivity index (χ3n) is 3.71. The Morgan fingerprint density at radius 2 is 1.80 bits per heavy atom. The number of anilines is 1. The second-order valence-electron chi connectivity index (χ2n) is 5.15. The van der Waals surface area contributed by atoms with Gasteiger partial charge in [0.2, 0.25) is 5.91 Å². The van der Waals surface area contributed by atoms with Gasteiger partial charge in [0.1, 0.15) is 0 Å². The molecule has 2 N–H and O–H groups in total. The van der Waals surface area contributed by atoms with Crippen LogP contribution in [0, 0.1) is 0 Å². The molecule has 5 nitrogen and oxygen atoms in total. The highest BCUT2D eigenvalue weighted by molar-refractivity contribution is 5.95. The topological polar surface area (TPSA) is 53.9 Å². The Balaban J connectivity index is 1.97. The van der Waals surface area contributed by atoms with Crippen molar-refractivity contribution < 1.29 is 14.5 Å². The van der Waals surface area contributed by atoms with Gasteiger partial charge in [-0.3, -0.25) is 9.59 Å². The molecule has 1 heterocycles. The first kappa shape index (κ1) is 14.5. The molecule has 108 valence electrons. The number of piperazine rings is 1. The Morgan fingerprint density at radius 3 is 2.30 bits per heavy atom. The van der Waals surface area contributed by atoms with E-state index >= 15 is 0 Å². The van der Waals surface area contributed by atoms with E-state index in [2.05, 4.69) is 12.2 Å². The van der Waals surface area contributed by atoms with Crippen LogP contribution in [0.4, 0.5) is 5.69 Å². The zero-order valence-corrected chi connectivity index (χ0v) is 12.1. The number of quaternary nitrogens is 1. The number of rotatable bonds is 3.